The van der Waals surface area contributed by atoms with E-state index in [9.17, 15) is 9.59 Å². The number of likely N-dealkylation sites (N-methyl/N-ethyl adjacent to an activating group) is 1. The van der Waals surface area contributed by atoms with E-state index in [4.69, 9.17) is 4.74 Å². The Balaban J connectivity index is 2.51. The van der Waals surface area contributed by atoms with Crippen LogP contribution in [-0.4, -0.2) is 46.4 Å². The third kappa shape index (κ3) is 3.53. The van der Waals surface area contributed by atoms with Crippen molar-refractivity contribution >= 4 is 11.9 Å². The van der Waals surface area contributed by atoms with Gasteiger partial charge in [-0.15, -0.1) is 0 Å². The molecule has 0 saturated heterocycles. The first-order valence-corrected chi connectivity index (χ1v) is 7.53. The van der Waals surface area contributed by atoms with E-state index in [2.05, 4.69) is 16.5 Å². The Morgan fingerprint density at radius 3 is 2.58 bits per heavy atom. The second-order valence-corrected chi connectivity index (χ2v) is 5.54. The molecule has 0 spiro atoms. The molecule has 0 fully saturated rings. The number of amides is 1. The van der Waals surface area contributed by atoms with Gasteiger partial charge in [-0.25, -0.2) is 9.78 Å². The highest BCUT2D eigenvalue weighted by Crippen LogP contribution is 2.26. The summed E-state index contributed by atoms with van der Waals surface area (Å²) in [5, 5.41) is 0. The Labute approximate surface area is 141 Å². The summed E-state index contributed by atoms with van der Waals surface area (Å²) in [6.45, 7) is 3.52. The Kier molecular flexibility index (Phi) is 5.52. The Hall–Kier alpha value is -2.89. The SMILES string of the molecule is C=CC(=O)N(C)[C@@](Cc1ccccc1)(Cc1cnc[nH]1)C(=O)OC. The van der Waals surface area contributed by atoms with Crippen molar-refractivity contribution in [1.29, 1.82) is 0 Å². The number of rotatable bonds is 7. The molecule has 0 aliphatic rings. The van der Waals surface area contributed by atoms with Gasteiger partial charge < -0.3 is 14.6 Å². The Bertz CT molecular complexity index is 698. The Morgan fingerprint density at radius 2 is 2.04 bits per heavy atom. The average molecular weight is 327 g/mol. The minimum absolute atomic E-state index is 0.255. The van der Waals surface area contributed by atoms with Gasteiger partial charge in [-0.05, 0) is 11.6 Å². The summed E-state index contributed by atoms with van der Waals surface area (Å²) in [6, 6.07) is 9.51. The van der Waals surface area contributed by atoms with Crippen molar-refractivity contribution in [2.45, 2.75) is 18.4 Å². The molecule has 0 saturated carbocycles. The summed E-state index contributed by atoms with van der Waals surface area (Å²) in [4.78, 5) is 33.4. The minimum atomic E-state index is -1.20. The van der Waals surface area contributed by atoms with Gasteiger partial charge in [0, 0.05) is 31.8 Å². The van der Waals surface area contributed by atoms with Crippen LogP contribution < -0.4 is 0 Å². The van der Waals surface area contributed by atoms with Crippen molar-refractivity contribution < 1.29 is 14.3 Å². The molecule has 2 rings (SSSR count). The quantitative estimate of drug-likeness (QED) is 0.621. The number of aromatic amines is 1. The number of nitrogens with one attached hydrogen (secondary N) is 1. The van der Waals surface area contributed by atoms with E-state index >= 15 is 0 Å². The zero-order valence-electron chi connectivity index (χ0n) is 13.9. The lowest BCUT2D eigenvalue weighted by Crippen LogP contribution is -2.58. The maximum absolute atomic E-state index is 12.7. The number of benzene rings is 1. The fraction of sp³-hybridized carbons (Fsp3) is 0.278. The van der Waals surface area contributed by atoms with Crippen LogP contribution in [0.2, 0.25) is 0 Å². The van der Waals surface area contributed by atoms with Crippen molar-refractivity contribution in [1.82, 2.24) is 14.9 Å². The van der Waals surface area contributed by atoms with Crippen molar-refractivity contribution in [2.75, 3.05) is 14.2 Å². The number of carbonyl (C=O) groups is 2. The van der Waals surface area contributed by atoms with Crippen LogP contribution in [0.3, 0.4) is 0 Å². The van der Waals surface area contributed by atoms with Gasteiger partial charge in [0.2, 0.25) is 5.91 Å². The molecular formula is C18H21N3O3. The number of H-pyrrole nitrogens is 1. The summed E-state index contributed by atoms with van der Waals surface area (Å²) in [7, 11) is 2.90. The van der Waals surface area contributed by atoms with E-state index in [0.29, 0.717) is 6.42 Å². The van der Waals surface area contributed by atoms with E-state index in [-0.39, 0.29) is 12.3 Å². The van der Waals surface area contributed by atoms with Gasteiger partial charge in [-0.2, -0.15) is 0 Å². The molecule has 1 aromatic carbocycles. The van der Waals surface area contributed by atoms with Gasteiger partial charge in [0.05, 0.1) is 13.4 Å². The standard InChI is InChI=1S/C18H21N3O3/c1-4-16(22)21(2)18(17(23)24-3,11-15-12-19-13-20-15)10-14-8-6-5-7-9-14/h4-9,12-13H,1,10-11H2,2-3H3,(H,19,20)/t18-/m0/s1. The second-order valence-electron chi connectivity index (χ2n) is 5.54. The lowest BCUT2D eigenvalue weighted by Gasteiger charge is -2.39. The first-order valence-electron chi connectivity index (χ1n) is 7.53. The van der Waals surface area contributed by atoms with E-state index in [1.54, 1.807) is 13.2 Å². The first kappa shape index (κ1) is 17.5. The highest BCUT2D eigenvalue weighted by molar-refractivity contribution is 5.93. The summed E-state index contributed by atoms with van der Waals surface area (Å²) in [5.74, 6) is -0.838. The van der Waals surface area contributed by atoms with Crippen LogP contribution in [-0.2, 0) is 27.2 Å². The highest BCUT2D eigenvalue weighted by atomic mass is 16.5. The monoisotopic (exact) mass is 327 g/mol. The van der Waals surface area contributed by atoms with Crippen LogP contribution in [0.4, 0.5) is 0 Å². The molecule has 0 aliphatic heterocycles. The number of carbonyl (C=O) groups excluding carboxylic acids is 2. The fourth-order valence-corrected chi connectivity index (χ4v) is 2.75. The van der Waals surface area contributed by atoms with Gasteiger partial charge in [0.15, 0.2) is 0 Å². The number of esters is 1. The van der Waals surface area contributed by atoms with E-state index in [1.807, 2.05) is 30.3 Å². The molecule has 1 atom stereocenters. The molecule has 1 aromatic heterocycles. The molecule has 1 amide bonds. The molecule has 24 heavy (non-hydrogen) atoms. The van der Waals surface area contributed by atoms with Crippen LogP contribution in [0.5, 0.6) is 0 Å². The molecule has 0 unspecified atom stereocenters. The van der Waals surface area contributed by atoms with Crippen LogP contribution in [0, 0.1) is 0 Å². The van der Waals surface area contributed by atoms with Gasteiger partial charge in [-0.1, -0.05) is 36.9 Å². The predicted octanol–water partition coefficient (Wildman–Crippen LogP) is 1.75. The molecule has 0 radical (unpaired) electrons. The van der Waals surface area contributed by atoms with Crippen LogP contribution in [0.1, 0.15) is 11.3 Å². The normalized spacial score (nSPS) is 12.9. The van der Waals surface area contributed by atoms with Crippen molar-refractivity contribution in [3.05, 3.63) is 66.8 Å². The molecule has 1 heterocycles. The highest BCUT2D eigenvalue weighted by Gasteiger charge is 2.45. The number of hydrogen-bond donors (Lipinski definition) is 1. The summed E-state index contributed by atoms with van der Waals surface area (Å²) in [6.07, 6.45) is 4.93. The molecule has 2 aromatic rings. The maximum atomic E-state index is 12.7. The number of aromatic nitrogens is 2. The second kappa shape index (κ2) is 7.59. The topological polar surface area (TPSA) is 75.3 Å². The third-order valence-electron chi connectivity index (χ3n) is 4.09. The summed E-state index contributed by atoms with van der Waals surface area (Å²) >= 11 is 0. The molecular weight excluding hydrogens is 306 g/mol. The number of ether oxygens (including phenoxy) is 1. The molecule has 0 aliphatic carbocycles. The Morgan fingerprint density at radius 1 is 1.33 bits per heavy atom. The summed E-state index contributed by atoms with van der Waals surface area (Å²) < 4.78 is 5.05. The van der Waals surface area contributed by atoms with Crippen LogP contribution in [0.15, 0.2) is 55.5 Å². The van der Waals surface area contributed by atoms with Crippen molar-refractivity contribution in [2.24, 2.45) is 0 Å². The zero-order valence-corrected chi connectivity index (χ0v) is 13.9. The van der Waals surface area contributed by atoms with E-state index in [0.717, 1.165) is 11.3 Å². The van der Waals surface area contributed by atoms with Gasteiger partial charge >= 0.3 is 5.97 Å². The van der Waals surface area contributed by atoms with Crippen LogP contribution in [0.25, 0.3) is 0 Å². The largest absolute Gasteiger partial charge is 0.467 e. The number of nitrogens with zero attached hydrogens (tertiary/aromatic N) is 2. The maximum Gasteiger partial charge on any atom is 0.332 e. The molecule has 126 valence electrons. The van der Waals surface area contributed by atoms with Crippen molar-refractivity contribution in [3.8, 4) is 0 Å². The molecule has 0 bridgehead atoms. The zero-order chi connectivity index (χ0) is 17.6. The van der Waals surface area contributed by atoms with Crippen molar-refractivity contribution in [3.63, 3.8) is 0 Å². The fourth-order valence-electron chi connectivity index (χ4n) is 2.75. The average Bonchev–Trinajstić information content (AvgIpc) is 3.12. The van der Waals surface area contributed by atoms with Gasteiger partial charge in [0.1, 0.15) is 5.54 Å². The first-order chi connectivity index (χ1) is 11.5. The van der Waals surface area contributed by atoms with Gasteiger partial charge in [0.25, 0.3) is 0 Å². The number of hydrogen-bond acceptors (Lipinski definition) is 4. The lowest BCUT2D eigenvalue weighted by atomic mass is 9.84. The van der Waals surface area contributed by atoms with Crippen LogP contribution >= 0.6 is 0 Å². The minimum Gasteiger partial charge on any atom is -0.467 e. The summed E-state index contributed by atoms with van der Waals surface area (Å²) in [5.41, 5.74) is 0.458. The van der Waals surface area contributed by atoms with Gasteiger partial charge in [-0.3, -0.25) is 4.79 Å². The van der Waals surface area contributed by atoms with E-state index in [1.165, 1.54) is 24.4 Å². The molecule has 6 heteroatoms. The molecule has 1 N–H and O–H groups in total. The smallest absolute Gasteiger partial charge is 0.332 e. The predicted molar refractivity (Wildman–Crippen MR) is 90.2 cm³/mol. The lowest BCUT2D eigenvalue weighted by molar-refractivity contribution is -0.159. The van der Waals surface area contributed by atoms with E-state index < -0.39 is 11.5 Å². The number of methoxy groups -OCH3 is 1. The molecule has 6 nitrogen and oxygen atoms in total. The number of imidazole rings is 1. The third-order valence-corrected chi connectivity index (χ3v) is 4.09.